The third kappa shape index (κ3) is 4.77. The van der Waals surface area contributed by atoms with E-state index in [1.54, 1.807) is 0 Å². The summed E-state index contributed by atoms with van der Waals surface area (Å²) in [7, 11) is 0. The van der Waals surface area contributed by atoms with Crippen molar-refractivity contribution in [1.29, 1.82) is 0 Å². The molecule has 55 heavy (non-hydrogen) atoms. The van der Waals surface area contributed by atoms with Gasteiger partial charge in [0.15, 0.2) is 0 Å². The molecule has 0 aliphatic heterocycles. The number of anilines is 3. The standard InChI is InChI=1S/C52H34N2S/c1-4-16-35(17-5-1)40-23-11-13-27-47(40)54(48-28-14-25-43-44-31-29-36-18-15-33-53-49(36)51(44)55-50(43)48)39-30-32-42-41-24-10-12-26-45(41)52(46(42)34-39,37-19-6-2-7-20-37)38-21-8-3-9-22-38/h1-34H. The molecule has 1 aliphatic rings. The molecular weight excluding hydrogens is 685 g/mol. The summed E-state index contributed by atoms with van der Waals surface area (Å²) in [6, 6.07) is 73.3. The maximum absolute atomic E-state index is 4.88. The number of thiophene rings is 1. The van der Waals surface area contributed by atoms with E-state index in [0.29, 0.717) is 0 Å². The van der Waals surface area contributed by atoms with E-state index in [4.69, 9.17) is 4.98 Å². The minimum Gasteiger partial charge on any atom is -0.308 e. The second kappa shape index (κ2) is 12.7. The molecule has 2 nitrogen and oxygen atoms in total. The lowest BCUT2D eigenvalue weighted by Crippen LogP contribution is -2.28. The van der Waals surface area contributed by atoms with Crippen LogP contribution in [0.1, 0.15) is 22.3 Å². The highest BCUT2D eigenvalue weighted by Crippen LogP contribution is 2.58. The van der Waals surface area contributed by atoms with Crippen LogP contribution in [0.3, 0.4) is 0 Å². The van der Waals surface area contributed by atoms with Crippen LogP contribution < -0.4 is 4.90 Å². The highest BCUT2D eigenvalue weighted by molar-refractivity contribution is 7.27. The molecule has 11 rings (SSSR count). The van der Waals surface area contributed by atoms with Gasteiger partial charge in [0.2, 0.25) is 0 Å². The topological polar surface area (TPSA) is 16.1 Å². The quantitative estimate of drug-likeness (QED) is 0.170. The molecule has 2 heterocycles. The number of hydrogen-bond acceptors (Lipinski definition) is 3. The normalized spacial score (nSPS) is 12.9. The molecule has 0 unspecified atom stereocenters. The molecule has 1 aliphatic carbocycles. The number of hydrogen-bond donors (Lipinski definition) is 0. The van der Waals surface area contributed by atoms with E-state index in [2.05, 4.69) is 199 Å². The third-order valence-corrected chi connectivity index (χ3v) is 12.6. The zero-order valence-electron chi connectivity index (χ0n) is 29.9. The van der Waals surface area contributed by atoms with Gasteiger partial charge in [0.05, 0.1) is 31.7 Å². The van der Waals surface area contributed by atoms with E-state index < -0.39 is 5.41 Å². The van der Waals surface area contributed by atoms with Gasteiger partial charge in [-0.25, -0.2) is 0 Å². The summed E-state index contributed by atoms with van der Waals surface area (Å²) in [4.78, 5) is 7.38. The summed E-state index contributed by atoms with van der Waals surface area (Å²) in [6.45, 7) is 0. The van der Waals surface area contributed by atoms with Crippen LogP contribution in [-0.2, 0) is 5.41 Å². The van der Waals surface area contributed by atoms with Gasteiger partial charge in [0.1, 0.15) is 0 Å². The lowest BCUT2D eigenvalue weighted by Gasteiger charge is -2.35. The highest BCUT2D eigenvalue weighted by atomic mass is 32.1. The van der Waals surface area contributed by atoms with Crippen LogP contribution in [0.15, 0.2) is 206 Å². The second-order valence-corrected chi connectivity index (χ2v) is 15.3. The average molecular weight is 719 g/mol. The first-order valence-electron chi connectivity index (χ1n) is 18.8. The molecule has 0 radical (unpaired) electrons. The van der Waals surface area contributed by atoms with Crippen molar-refractivity contribution in [3.63, 3.8) is 0 Å². The summed E-state index contributed by atoms with van der Waals surface area (Å²) < 4.78 is 2.45. The number of benzene rings is 8. The molecule has 0 saturated heterocycles. The monoisotopic (exact) mass is 718 g/mol. The average Bonchev–Trinajstić information content (AvgIpc) is 3.80. The molecule has 0 spiro atoms. The zero-order valence-corrected chi connectivity index (χ0v) is 30.7. The summed E-state index contributed by atoms with van der Waals surface area (Å²) in [5.41, 5.74) is 13.9. The van der Waals surface area contributed by atoms with Crippen LogP contribution >= 0.6 is 11.3 Å². The first-order valence-corrected chi connectivity index (χ1v) is 19.6. The molecule has 0 fully saturated rings. The molecule has 0 amide bonds. The van der Waals surface area contributed by atoms with Gasteiger partial charge in [0.25, 0.3) is 0 Å². The van der Waals surface area contributed by atoms with Crippen molar-refractivity contribution in [2.75, 3.05) is 4.90 Å². The van der Waals surface area contributed by atoms with Crippen LogP contribution in [0, 0.1) is 0 Å². The van der Waals surface area contributed by atoms with Crippen molar-refractivity contribution in [2.45, 2.75) is 5.41 Å². The van der Waals surface area contributed by atoms with Crippen molar-refractivity contribution < 1.29 is 0 Å². The van der Waals surface area contributed by atoms with Crippen LogP contribution in [-0.4, -0.2) is 4.98 Å². The Morgan fingerprint density at radius 2 is 1.07 bits per heavy atom. The summed E-state index contributed by atoms with van der Waals surface area (Å²) in [5.74, 6) is 0. The van der Waals surface area contributed by atoms with Gasteiger partial charge in [-0.05, 0) is 69.3 Å². The molecule has 0 bridgehead atoms. The summed E-state index contributed by atoms with van der Waals surface area (Å²) >= 11 is 1.84. The third-order valence-electron chi connectivity index (χ3n) is 11.4. The summed E-state index contributed by atoms with van der Waals surface area (Å²) in [6.07, 6.45) is 1.91. The molecule has 10 aromatic rings. The first kappa shape index (κ1) is 31.7. The van der Waals surface area contributed by atoms with Gasteiger partial charge in [-0.2, -0.15) is 0 Å². The maximum atomic E-state index is 4.88. The fourth-order valence-corrected chi connectivity index (χ4v) is 10.4. The van der Waals surface area contributed by atoms with E-state index in [1.165, 1.54) is 64.7 Å². The van der Waals surface area contributed by atoms with Gasteiger partial charge in [-0.3, -0.25) is 4.98 Å². The Hall–Kier alpha value is -6.81. The lowest BCUT2D eigenvalue weighted by molar-refractivity contribution is 0.768. The van der Waals surface area contributed by atoms with E-state index >= 15 is 0 Å². The minimum absolute atomic E-state index is 0.511. The smallest absolute Gasteiger partial charge is 0.0880 e. The highest BCUT2D eigenvalue weighted by Gasteiger charge is 2.46. The van der Waals surface area contributed by atoms with Crippen molar-refractivity contribution in [3.8, 4) is 22.3 Å². The predicted molar refractivity (Wildman–Crippen MR) is 232 cm³/mol. The lowest BCUT2D eigenvalue weighted by atomic mass is 9.67. The van der Waals surface area contributed by atoms with Crippen LogP contribution in [0.2, 0.25) is 0 Å². The van der Waals surface area contributed by atoms with Crippen molar-refractivity contribution in [2.24, 2.45) is 0 Å². The van der Waals surface area contributed by atoms with E-state index in [9.17, 15) is 0 Å². The number of para-hydroxylation sites is 1. The van der Waals surface area contributed by atoms with Crippen LogP contribution in [0.4, 0.5) is 17.1 Å². The fraction of sp³-hybridized carbons (Fsp3) is 0.0192. The molecule has 8 aromatic carbocycles. The van der Waals surface area contributed by atoms with Gasteiger partial charge >= 0.3 is 0 Å². The minimum atomic E-state index is -0.511. The molecule has 2 aromatic heterocycles. The Labute approximate surface area is 324 Å². The number of rotatable bonds is 6. The van der Waals surface area contributed by atoms with Gasteiger partial charge in [-0.1, -0.05) is 170 Å². The van der Waals surface area contributed by atoms with Gasteiger partial charge < -0.3 is 4.90 Å². The largest absolute Gasteiger partial charge is 0.308 e. The SMILES string of the molecule is c1ccc(-c2ccccc2N(c2ccc3c(c2)C(c2ccccc2)(c2ccccc2)c2ccccc2-3)c2cccc3c2sc2c3ccc3cccnc32)cc1. The van der Waals surface area contributed by atoms with E-state index in [1.807, 2.05) is 23.6 Å². The molecule has 3 heteroatoms. The van der Waals surface area contributed by atoms with E-state index in [0.717, 1.165) is 28.0 Å². The van der Waals surface area contributed by atoms with Crippen molar-refractivity contribution >= 4 is 59.5 Å². The number of aromatic nitrogens is 1. The Morgan fingerprint density at radius 1 is 0.436 bits per heavy atom. The number of nitrogens with zero attached hydrogens (tertiary/aromatic N) is 2. The fourth-order valence-electron chi connectivity index (χ4n) is 9.07. The first-order chi connectivity index (χ1) is 27.3. The Morgan fingerprint density at radius 3 is 1.85 bits per heavy atom. The Balaban J connectivity index is 1.24. The van der Waals surface area contributed by atoms with Crippen LogP contribution in [0.5, 0.6) is 0 Å². The van der Waals surface area contributed by atoms with E-state index in [-0.39, 0.29) is 0 Å². The molecule has 0 N–H and O–H groups in total. The zero-order chi connectivity index (χ0) is 36.3. The summed E-state index contributed by atoms with van der Waals surface area (Å²) in [5, 5.41) is 3.63. The second-order valence-electron chi connectivity index (χ2n) is 14.2. The Kier molecular flexibility index (Phi) is 7.29. The molecule has 0 saturated carbocycles. The van der Waals surface area contributed by atoms with Crippen molar-refractivity contribution in [3.05, 3.63) is 229 Å². The molecule has 0 atom stereocenters. The molecular formula is C52H34N2S. The van der Waals surface area contributed by atoms with Gasteiger partial charge in [-0.15, -0.1) is 11.3 Å². The maximum Gasteiger partial charge on any atom is 0.0880 e. The Bertz CT molecular complexity index is 3000. The number of pyridine rings is 1. The number of fused-ring (bicyclic) bond motifs is 8. The van der Waals surface area contributed by atoms with Gasteiger partial charge in [0, 0.05) is 33.6 Å². The molecule has 258 valence electrons. The van der Waals surface area contributed by atoms with Crippen molar-refractivity contribution in [1.82, 2.24) is 4.98 Å². The van der Waals surface area contributed by atoms with Crippen LogP contribution in [0.25, 0.3) is 53.3 Å². The predicted octanol–water partition coefficient (Wildman–Crippen LogP) is 14.1.